The first kappa shape index (κ1) is 15.1. The number of aliphatic hydroxyl groups is 1. The molecule has 0 bridgehead atoms. The van der Waals surface area contributed by atoms with Gasteiger partial charge in [-0.05, 0) is 39.0 Å². The highest BCUT2D eigenvalue weighted by atomic mass is 16.4. The summed E-state index contributed by atoms with van der Waals surface area (Å²) in [5, 5.41) is 22.0. The van der Waals surface area contributed by atoms with Crippen molar-refractivity contribution >= 4 is 12.0 Å². The largest absolute Gasteiger partial charge is 0.481 e. The van der Waals surface area contributed by atoms with E-state index in [0.29, 0.717) is 38.8 Å². The molecule has 2 amide bonds. The number of nitrogens with zero attached hydrogens (tertiary/aromatic N) is 1. The Morgan fingerprint density at radius 2 is 1.85 bits per heavy atom. The highest BCUT2D eigenvalue weighted by molar-refractivity contribution is 5.79. The van der Waals surface area contributed by atoms with Crippen LogP contribution in [0.25, 0.3) is 0 Å². The van der Waals surface area contributed by atoms with Crippen LogP contribution in [0.2, 0.25) is 0 Å². The molecular formula is C14H24N2O4. The number of carbonyl (C=O) groups excluding carboxylic acids is 1. The summed E-state index contributed by atoms with van der Waals surface area (Å²) in [5.74, 6) is -0.817. The summed E-state index contributed by atoms with van der Waals surface area (Å²) in [7, 11) is 0. The molecule has 0 aromatic rings. The molecule has 3 N–H and O–H groups in total. The van der Waals surface area contributed by atoms with Gasteiger partial charge in [0.05, 0.1) is 11.0 Å². The maximum Gasteiger partial charge on any atom is 0.317 e. The number of aliphatic carboxylic acids is 1. The summed E-state index contributed by atoms with van der Waals surface area (Å²) in [6.45, 7) is 3.12. The average molecular weight is 284 g/mol. The van der Waals surface area contributed by atoms with E-state index in [2.05, 4.69) is 5.32 Å². The third-order valence-corrected chi connectivity index (χ3v) is 4.69. The number of carboxylic acid groups (broad SMARTS) is 1. The topological polar surface area (TPSA) is 89.9 Å². The van der Waals surface area contributed by atoms with Crippen molar-refractivity contribution in [3.8, 4) is 0 Å². The minimum atomic E-state index is -0.817. The van der Waals surface area contributed by atoms with Crippen LogP contribution >= 0.6 is 0 Å². The molecule has 0 radical (unpaired) electrons. The molecule has 1 heterocycles. The molecule has 20 heavy (non-hydrogen) atoms. The van der Waals surface area contributed by atoms with Crippen LogP contribution in [0.5, 0.6) is 0 Å². The number of rotatable bonds is 3. The van der Waals surface area contributed by atoms with Gasteiger partial charge in [0, 0.05) is 19.6 Å². The molecule has 1 aliphatic heterocycles. The van der Waals surface area contributed by atoms with Crippen molar-refractivity contribution in [2.45, 2.75) is 51.0 Å². The molecule has 1 atom stereocenters. The summed E-state index contributed by atoms with van der Waals surface area (Å²) in [6.07, 6.45) is 4.20. The number of carboxylic acids is 1. The third kappa shape index (κ3) is 3.23. The molecule has 114 valence electrons. The Morgan fingerprint density at radius 3 is 2.40 bits per heavy atom. The second-order valence-electron chi connectivity index (χ2n) is 6.44. The minimum Gasteiger partial charge on any atom is -0.481 e. The molecule has 0 aromatic heterocycles. The van der Waals surface area contributed by atoms with Crippen molar-refractivity contribution in [3.05, 3.63) is 0 Å². The quantitative estimate of drug-likeness (QED) is 0.726. The zero-order valence-electron chi connectivity index (χ0n) is 12.0. The van der Waals surface area contributed by atoms with Crippen LogP contribution in [-0.4, -0.2) is 52.3 Å². The smallest absolute Gasteiger partial charge is 0.317 e. The lowest BCUT2D eigenvalue weighted by Gasteiger charge is -2.38. The number of hydrogen-bond donors (Lipinski definition) is 3. The van der Waals surface area contributed by atoms with Crippen molar-refractivity contribution < 1.29 is 19.8 Å². The fourth-order valence-electron chi connectivity index (χ4n) is 2.89. The first-order valence-electron chi connectivity index (χ1n) is 7.33. The predicted octanol–water partition coefficient (Wildman–Crippen LogP) is 1.19. The Balaban J connectivity index is 1.84. The number of likely N-dealkylation sites (tertiary alicyclic amines) is 1. The van der Waals surface area contributed by atoms with E-state index in [-0.39, 0.29) is 12.6 Å². The monoisotopic (exact) mass is 284 g/mol. The molecule has 2 fully saturated rings. The highest BCUT2D eigenvalue weighted by Crippen LogP contribution is 2.40. The van der Waals surface area contributed by atoms with Crippen LogP contribution in [0.4, 0.5) is 4.79 Å². The standard InChI is InChI=1S/C14H24N2O4/c1-13(20)4-3-8-16(9-7-13)12(19)15-10-14(11(17)18)5-2-6-14/h20H,2-10H2,1H3,(H,15,19)(H,17,18). The van der Waals surface area contributed by atoms with Crippen LogP contribution in [0.15, 0.2) is 0 Å². The molecule has 1 aliphatic carbocycles. The van der Waals surface area contributed by atoms with Gasteiger partial charge >= 0.3 is 12.0 Å². The lowest BCUT2D eigenvalue weighted by molar-refractivity contribution is -0.153. The number of nitrogens with one attached hydrogen (secondary N) is 1. The maximum absolute atomic E-state index is 12.1. The Bertz CT molecular complexity index is 391. The van der Waals surface area contributed by atoms with Gasteiger partial charge in [-0.1, -0.05) is 6.42 Å². The van der Waals surface area contributed by atoms with Crippen LogP contribution in [-0.2, 0) is 4.79 Å². The van der Waals surface area contributed by atoms with Crippen LogP contribution < -0.4 is 5.32 Å². The molecule has 6 nitrogen and oxygen atoms in total. The molecule has 2 aliphatic rings. The normalized spacial score (nSPS) is 29.2. The van der Waals surface area contributed by atoms with Crippen molar-refractivity contribution in [3.63, 3.8) is 0 Å². The molecule has 1 unspecified atom stereocenters. The lowest BCUT2D eigenvalue weighted by Crippen LogP contribution is -2.50. The molecule has 0 spiro atoms. The Labute approximate surface area is 119 Å². The van der Waals surface area contributed by atoms with E-state index >= 15 is 0 Å². The molecular weight excluding hydrogens is 260 g/mol. The minimum absolute atomic E-state index is 0.202. The number of carbonyl (C=O) groups is 2. The second kappa shape index (κ2) is 5.60. The zero-order valence-corrected chi connectivity index (χ0v) is 12.0. The predicted molar refractivity (Wildman–Crippen MR) is 73.4 cm³/mol. The number of amides is 2. The van der Waals surface area contributed by atoms with E-state index in [9.17, 15) is 19.8 Å². The second-order valence-corrected chi connectivity index (χ2v) is 6.44. The van der Waals surface area contributed by atoms with Crippen LogP contribution in [0.1, 0.15) is 45.4 Å². The Morgan fingerprint density at radius 1 is 1.15 bits per heavy atom. The highest BCUT2D eigenvalue weighted by Gasteiger charge is 2.44. The summed E-state index contributed by atoms with van der Waals surface area (Å²) < 4.78 is 0. The maximum atomic E-state index is 12.1. The van der Waals surface area contributed by atoms with Gasteiger partial charge in [0.1, 0.15) is 0 Å². The fourth-order valence-corrected chi connectivity index (χ4v) is 2.89. The SMILES string of the molecule is CC1(O)CCCN(C(=O)NCC2(C(=O)O)CCC2)CC1. The van der Waals surface area contributed by atoms with Gasteiger partial charge in [-0.3, -0.25) is 4.79 Å². The van der Waals surface area contributed by atoms with Gasteiger partial charge in [0.15, 0.2) is 0 Å². The summed E-state index contributed by atoms with van der Waals surface area (Å²) in [5.41, 5.74) is -1.46. The molecule has 2 rings (SSSR count). The number of hydrogen-bond acceptors (Lipinski definition) is 3. The average Bonchev–Trinajstić information content (AvgIpc) is 2.48. The van der Waals surface area contributed by atoms with E-state index in [4.69, 9.17) is 0 Å². The Hall–Kier alpha value is -1.30. The van der Waals surface area contributed by atoms with Gasteiger partial charge in [-0.15, -0.1) is 0 Å². The van der Waals surface area contributed by atoms with E-state index in [1.807, 2.05) is 0 Å². The molecule has 1 saturated carbocycles. The van der Waals surface area contributed by atoms with Gasteiger partial charge in [-0.25, -0.2) is 4.79 Å². The van der Waals surface area contributed by atoms with E-state index in [1.54, 1.807) is 11.8 Å². The summed E-state index contributed by atoms with van der Waals surface area (Å²) in [6, 6.07) is -0.213. The van der Waals surface area contributed by atoms with E-state index in [0.717, 1.165) is 12.8 Å². The van der Waals surface area contributed by atoms with Crippen molar-refractivity contribution in [2.75, 3.05) is 19.6 Å². The van der Waals surface area contributed by atoms with Gasteiger partial charge < -0.3 is 20.4 Å². The van der Waals surface area contributed by atoms with E-state index in [1.165, 1.54) is 0 Å². The van der Waals surface area contributed by atoms with Gasteiger partial charge in [0.25, 0.3) is 0 Å². The van der Waals surface area contributed by atoms with Crippen LogP contribution in [0, 0.1) is 5.41 Å². The van der Waals surface area contributed by atoms with Crippen LogP contribution in [0.3, 0.4) is 0 Å². The number of urea groups is 1. The first-order chi connectivity index (χ1) is 9.35. The van der Waals surface area contributed by atoms with Crippen molar-refractivity contribution in [2.24, 2.45) is 5.41 Å². The third-order valence-electron chi connectivity index (χ3n) is 4.69. The van der Waals surface area contributed by atoms with Crippen molar-refractivity contribution in [1.82, 2.24) is 10.2 Å². The van der Waals surface area contributed by atoms with Gasteiger partial charge in [-0.2, -0.15) is 0 Å². The van der Waals surface area contributed by atoms with Crippen molar-refractivity contribution in [1.29, 1.82) is 0 Å². The first-order valence-corrected chi connectivity index (χ1v) is 7.33. The molecule has 6 heteroatoms. The summed E-state index contributed by atoms with van der Waals surface area (Å²) >= 11 is 0. The zero-order chi connectivity index (χ0) is 14.8. The van der Waals surface area contributed by atoms with E-state index < -0.39 is 17.0 Å². The van der Waals surface area contributed by atoms with Gasteiger partial charge in [0.2, 0.25) is 0 Å². The molecule has 0 aromatic carbocycles. The Kier molecular flexibility index (Phi) is 4.22. The fraction of sp³-hybridized carbons (Fsp3) is 0.857. The molecule has 1 saturated heterocycles. The summed E-state index contributed by atoms with van der Waals surface area (Å²) in [4.78, 5) is 25.0. The lowest BCUT2D eigenvalue weighted by atomic mass is 9.69.